The van der Waals surface area contributed by atoms with Crippen LogP contribution in [0.3, 0.4) is 0 Å². The van der Waals surface area contributed by atoms with E-state index in [1.165, 1.54) is 13.3 Å². The standard InChI is InChI=1S/C29H27BrN2O7/c1-38-21-14-8-13-20(15-21)28(18-9-4-2-5-10-18,19-11-6-3-7-12-19)29(25(35)24(34)23(17-33)39-29)32-16-22(30)26(36)31-27(32)37/h2-16,23-25,33-35H,17H2,1H3,(H,31,36,37)/t23-,24-,25-,29+/m1/s1. The lowest BCUT2D eigenvalue weighted by Gasteiger charge is -2.51. The molecule has 1 saturated heterocycles. The monoisotopic (exact) mass is 594 g/mol. The second-order valence-electron chi connectivity index (χ2n) is 9.29. The van der Waals surface area contributed by atoms with E-state index in [0.29, 0.717) is 22.4 Å². The Bertz CT molecular complexity index is 1530. The number of aromatic amines is 1. The molecule has 4 atom stereocenters. The van der Waals surface area contributed by atoms with Crippen LogP contribution in [0.1, 0.15) is 16.7 Å². The molecule has 0 amide bonds. The molecule has 1 aliphatic rings. The number of methoxy groups -OCH3 is 1. The Kier molecular flexibility index (Phi) is 7.32. The van der Waals surface area contributed by atoms with Crippen molar-refractivity contribution in [1.29, 1.82) is 0 Å². The van der Waals surface area contributed by atoms with Gasteiger partial charge in [0.1, 0.15) is 24.1 Å². The van der Waals surface area contributed by atoms with E-state index in [2.05, 4.69) is 20.9 Å². The van der Waals surface area contributed by atoms with Gasteiger partial charge < -0.3 is 24.8 Å². The highest BCUT2D eigenvalue weighted by Gasteiger charge is 2.68. The van der Waals surface area contributed by atoms with Crippen molar-refractivity contribution in [2.24, 2.45) is 0 Å². The molecule has 0 spiro atoms. The highest BCUT2D eigenvalue weighted by atomic mass is 79.9. The number of rotatable bonds is 7. The van der Waals surface area contributed by atoms with E-state index in [9.17, 15) is 24.9 Å². The van der Waals surface area contributed by atoms with Crippen LogP contribution in [0, 0.1) is 0 Å². The third-order valence-electron chi connectivity index (χ3n) is 7.33. The van der Waals surface area contributed by atoms with Crippen LogP contribution >= 0.6 is 15.9 Å². The molecule has 0 radical (unpaired) electrons. The highest BCUT2D eigenvalue weighted by molar-refractivity contribution is 9.10. The number of hydrogen-bond donors (Lipinski definition) is 4. The van der Waals surface area contributed by atoms with Crippen molar-refractivity contribution in [2.75, 3.05) is 13.7 Å². The molecule has 3 aromatic carbocycles. The molecular weight excluding hydrogens is 568 g/mol. The molecule has 5 rings (SSSR count). The fraction of sp³-hybridized carbons (Fsp3) is 0.241. The molecule has 0 aliphatic carbocycles. The minimum absolute atomic E-state index is 0.000112. The molecule has 0 bridgehead atoms. The predicted octanol–water partition coefficient (Wildman–Crippen LogP) is 2.11. The molecule has 2 heterocycles. The van der Waals surface area contributed by atoms with Gasteiger partial charge >= 0.3 is 5.69 Å². The van der Waals surface area contributed by atoms with Crippen LogP contribution in [0.25, 0.3) is 0 Å². The first-order chi connectivity index (χ1) is 18.8. The first-order valence-corrected chi connectivity index (χ1v) is 13.0. The summed E-state index contributed by atoms with van der Waals surface area (Å²) in [5.41, 5.74) is -3.48. The molecule has 1 aliphatic heterocycles. The Labute approximate surface area is 232 Å². The van der Waals surface area contributed by atoms with Crippen molar-refractivity contribution in [3.63, 3.8) is 0 Å². The van der Waals surface area contributed by atoms with Gasteiger partial charge in [-0.25, -0.2) is 4.79 Å². The number of H-pyrrole nitrogens is 1. The van der Waals surface area contributed by atoms with Crippen molar-refractivity contribution in [2.45, 2.75) is 29.5 Å². The fourth-order valence-electron chi connectivity index (χ4n) is 5.69. The molecule has 1 aromatic heterocycles. The van der Waals surface area contributed by atoms with Gasteiger partial charge in [-0.15, -0.1) is 0 Å². The number of aliphatic hydroxyl groups is 3. The summed E-state index contributed by atoms with van der Waals surface area (Å²) in [7, 11) is 1.53. The zero-order chi connectivity index (χ0) is 27.8. The van der Waals surface area contributed by atoms with Crippen molar-refractivity contribution in [3.05, 3.63) is 133 Å². The van der Waals surface area contributed by atoms with Gasteiger partial charge in [0.25, 0.3) is 5.56 Å². The summed E-state index contributed by atoms with van der Waals surface area (Å²) in [5, 5.41) is 33.4. The quantitative estimate of drug-likeness (QED) is 0.241. The lowest BCUT2D eigenvalue weighted by Crippen LogP contribution is -2.64. The first-order valence-electron chi connectivity index (χ1n) is 12.2. The van der Waals surface area contributed by atoms with Crippen LogP contribution < -0.4 is 16.0 Å². The van der Waals surface area contributed by atoms with Crippen molar-refractivity contribution < 1.29 is 24.8 Å². The molecule has 4 N–H and O–H groups in total. The van der Waals surface area contributed by atoms with Crippen LogP contribution in [0.5, 0.6) is 5.75 Å². The van der Waals surface area contributed by atoms with Gasteiger partial charge in [-0.05, 0) is 44.8 Å². The summed E-state index contributed by atoms with van der Waals surface area (Å²) >= 11 is 3.20. The third-order valence-corrected chi connectivity index (χ3v) is 7.89. The van der Waals surface area contributed by atoms with Crippen molar-refractivity contribution in [1.82, 2.24) is 9.55 Å². The average Bonchev–Trinajstić information content (AvgIpc) is 3.23. The first kappa shape index (κ1) is 27.0. The summed E-state index contributed by atoms with van der Waals surface area (Å²) in [5.74, 6) is 0.501. The van der Waals surface area contributed by atoms with E-state index >= 15 is 0 Å². The van der Waals surface area contributed by atoms with E-state index in [1.807, 2.05) is 66.7 Å². The second kappa shape index (κ2) is 10.6. The summed E-state index contributed by atoms with van der Waals surface area (Å²) in [6, 6.07) is 25.3. The summed E-state index contributed by atoms with van der Waals surface area (Å²) in [6.45, 7) is -0.642. The largest absolute Gasteiger partial charge is 0.497 e. The van der Waals surface area contributed by atoms with Crippen LogP contribution in [-0.2, 0) is 15.9 Å². The van der Waals surface area contributed by atoms with E-state index in [1.54, 1.807) is 18.2 Å². The smallest absolute Gasteiger partial charge is 0.330 e. The minimum Gasteiger partial charge on any atom is -0.497 e. The van der Waals surface area contributed by atoms with Crippen molar-refractivity contribution >= 4 is 15.9 Å². The Morgan fingerprint density at radius 1 is 0.974 bits per heavy atom. The van der Waals surface area contributed by atoms with Gasteiger partial charge in [-0.2, -0.15) is 0 Å². The number of nitrogens with one attached hydrogen (secondary N) is 1. The van der Waals surface area contributed by atoms with E-state index in [4.69, 9.17) is 9.47 Å². The topological polar surface area (TPSA) is 134 Å². The van der Waals surface area contributed by atoms with E-state index < -0.39 is 47.3 Å². The minimum atomic E-state index is -2.13. The number of halogens is 1. The molecule has 10 heteroatoms. The number of aromatic nitrogens is 2. The number of nitrogens with zero attached hydrogens (tertiary/aromatic N) is 1. The summed E-state index contributed by atoms with van der Waals surface area (Å²) in [4.78, 5) is 28.3. The number of aliphatic hydroxyl groups excluding tert-OH is 3. The van der Waals surface area contributed by atoms with Crippen LogP contribution in [0.15, 0.2) is 105 Å². The molecule has 0 saturated carbocycles. The Morgan fingerprint density at radius 2 is 1.56 bits per heavy atom. The average molecular weight is 595 g/mol. The normalized spacial score (nSPS) is 23.1. The SMILES string of the molecule is COc1cccc(C(c2ccccc2)(c2ccccc2)[C@@]2(n3cc(Br)c(=O)[nH]c3=O)O[C@H](CO)[C@@H](O)[C@H]2O)c1. The Balaban J connectivity index is 2.06. The van der Waals surface area contributed by atoms with Gasteiger partial charge in [0.05, 0.1) is 23.6 Å². The maximum Gasteiger partial charge on any atom is 0.330 e. The number of hydrogen-bond acceptors (Lipinski definition) is 7. The maximum absolute atomic E-state index is 13.6. The van der Waals surface area contributed by atoms with Gasteiger partial charge in [0.15, 0.2) is 5.72 Å². The van der Waals surface area contributed by atoms with E-state index in [-0.39, 0.29) is 4.47 Å². The molecule has 9 nitrogen and oxygen atoms in total. The molecule has 1 fully saturated rings. The zero-order valence-corrected chi connectivity index (χ0v) is 22.5. The Morgan fingerprint density at radius 3 is 2.10 bits per heavy atom. The predicted molar refractivity (Wildman–Crippen MR) is 147 cm³/mol. The lowest BCUT2D eigenvalue weighted by molar-refractivity contribution is -0.180. The number of benzene rings is 3. The van der Waals surface area contributed by atoms with Crippen molar-refractivity contribution in [3.8, 4) is 5.75 Å². The van der Waals surface area contributed by atoms with Gasteiger partial charge in [-0.1, -0.05) is 72.8 Å². The zero-order valence-electron chi connectivity index (χ0n) is 20.9. The van der Waals surface area contributed by atoms with Gasteiger partial charge in [0.2, 0.25) is 0 Å². The Hall–Kier alpha value is -3.54. The van der Waals surface area contributed by atoms with Crippen LogP contribution in [0.2, 0.25) is 0 Å². The molecule has 4 aromatic rings. The summed E-state index contributed by atoms with van der Waals surface area (Å²) < 4.78 is 13.2. The van der Waals surface area contributed by atoms with Gasteiger partial charge in [0, 0.05) is 6.20 Å². The molecule has 39 heavy (non-hydrogen) atoms. The number of ether oxygens (including phenoxy) is 2. The fourth-order valence-corrected chi connectivity index (χ4v) is 5.99. The second-order valence-corrected chi connectivity index (χ2v) is 10.1. The van der Waals surface area contributed by atoms with Gasteiger partial charge in [-0.3, -0.25) is 14.3 Å². The maximum atomic E-state index is 13.6. The lowest BCUT2D eigenvalue weighted by atomic mass is 9.60. The molecule has 0 unspecified atom stereocenters. The highest BCUT2D eigenvalue weighted by Crippen LogP contribution is 2.57. The van der Waals surface area contributed by atoms with E-state index in [0.717, 1.165) is 4.57 Å². The van der Waals surface area contributed by atoms with Crippen LogP contribution in [-0.4, -0.2) is 56.9 Å². The molecule has 202 valence electrons. The summed E-state index contributed by atoms with van der Waals surface area (Å²) in [6.07, 6.45) is -3.39. The van der Waals surface area contributed by atoms with Crippen LogP contribution in [0.4, 0.5) is 0 Å². The third kappa shape index (κ3) is 4.07. The molecular formula is C29H27BrN2O7.